The molecule has 1 rings (SSSR count). The molecule has 1 heterocycles. The van der Waals surface area contributed by atoms with Crippen molar-refractivity contribution in [1.29, 1.82) is 0 Å². The van der Waals surface area contributed by atoms with Crippen molar-refractivity contribution >= 4 is 5.91 Å². The summed E-state index contributed by atoms with van der Waals surface area (Å²) in [4.78, 5) is 13.5. The van der Waals surface area contributed by atoms with Gasteiger partial charge in [-0.05, 0) is 13.8 Å². The predicted octanol–water partition coefficient (Wildman–Crippen LogP) is 0.347. The Labute approximate surface area is 98.5 Å². The van der Waals surface area contributed by atoms with Crippen LogP contribution in [0.2, 0.25) is 0 Å². The fraction of sp³-hybridized carbons (Fsp3) is 0.900. The maximum atomic E-state index is 12.0. The summed E-state index contributed by atoms with van der Waals surface area (Å²) in [5, 5.41) is 5.08. The highest BCUT2D eigenvalue weighted by Crippen LogP contribution is 2.13. The van der Waals surface area contributed by atoms with Crippen molar-refractivity contribution in [3.63, 3.8) is 0 Å². The predicted molar refractivity (Wildman–Crippen MR) is 57.6 cm³/mol. The maximum absolute atomic E-state index is 12.0. The Balaban J connectivity index is 2.45. The monoisotopic (exact) mass is 253 g/mol. The summed E-state index contributed by atoms with van der Waals surface area (Å²) in [5.41, 5.74) is 0. The lowest BCUT2D eigenvalue weighted by Gasteiger charge is -2.37. The van der Waals surface area contributed by atoms with Crippen LogP contribution in [-0.4, -0.2) is 55.2 Å². The fourth-order valence-corrected chi connectivity index (χ4v) is 1.92. The molecule has 0 radical (unpaired) electrons. The second-order valence-corrected chi connectivity index (χ2v) is 4.30. The van der Waals surface area contributed by atoms with Crippen LogP contribution in [0, 0.1) is 0 Å². The van der Waals surface area contributed by atoms with Gasteiger partial charge in [-0.25, -0.2) is 0 Å². The zero-order chi connectivity index (χ0) is 13.1. The van der Waals surface area contributed by atoms with Gasteiger partial charge in [0, 0.05) is 25.7 Å². The summed E-state index contributed by atoms with van der Waals surface area (Å²) in [6.45, 7) is 4.48. The quantitative estimate of drug-likeness (QED) is 0.762. The van der Waals surface area contributed by atoms with Crippen molar-refractivity contribution < 1.29 is 18.0 Å². The molecule has 1 aliphatic rings. The van der Waals surface area contributed by atoms with E-state index in [0.29, 0.717) is 6.54 Å². The first-order chi connectivity index (χ1) is 7.81. The molecule has 0 aromatic heterocycles. The molecule has 4 nitrogen and oxygen atoms in total. The van der Waals surface area contributed by atoms with Crippen LogP contribution < -0.4 is 10.6 Å². The maximum Gasteiger partial charge on any atom is 0.405 e. The first-order valence-corrected chi connectivity index (χ1v) is 5.62. The van der Waals surface area contributed by atoms with Gasteiger partial charge in [-0.15, -0.1) is 0 Å². The van der Waals surface area contributed by atoms with E-state index in [4.69, 9.17) is 0 Å². The topological polar surface area (TPSA) is 44.4 Å². The molecular formula is C10H18F3N3O. The molecule has 1 saturated heterocycles. The Morgan fingerprint density at radius 3 is 2.76 bits per heavy atom. The number of hydrogen-bond acceptors (Lipinski definition) is 3. The van der Waals surface area contributed by atoms with E-state index in [1.165, 1.54) is 0 Å². The van der Waals surface area contributed by atoms with Crippen molar-refractivity contribution in [2.24, 2.45) is 0 Å². The van der Waals surface area contributed by atoms with Gasteiger partial charge in [0.05, 0.1) is 6.04 Å². The molecule has 0 bridgehead atoms. The summed E-state index contributed by atoms with van der Waals surface area (Å²) in [6, 6.07) is -0.384. The molecule has 17 heavy (non-hydrogen) atoms. The lowest BCUT2D eigenvalue weighted by atomic mass is 10.1. The van der Waals surface area contributed by atoms with Crippen LogP contribution in [0.15, 0.2) is 0 Å². The number of nitrogens with one attached hydrogen (secondary N) is 2. The van der Waals surface area contributed by atoms with E-state index in [1.54, 1.807) is 6.92 Å². The van der Waals surface area contributed by atoms with Crippen LogP contribution in [-0.2, 0) is 4.79 Å². The van der Waals surface area contributed by atoms with E-state index >= 15 is 0 Å². The number of carbonyl (C=O) groups excluding carboxylic acids is 1. The van der Waals surface area contributed by atoms with E-state index in [1.807, 2.05) is 17.1 Å². The summed E-state index contributed by atoms with van der Waals surface area (Å²) in [5.74, 6) is -0.573. The molecule has 0 saturated carbocycles. The average Bonchev–Trinajstić information content (AvgIpc) is 2.24. The van der Waals surface area contributed by atoms with E-state index in [0.717, 1.165) is 13.1 Å². The van der Waals surface area contributed by atoms with Crippen molar-refractivity contribution in [2.75, 3.05) is 26.2 Å². The van der Waals surface area contributed by atoms with Crippen molar-refractivity contribution in [3.05, 3.63) is 0 Å². The van der Waals surface area contributed by atoms with Crippen LogP contribution in [0.4, 0.5) is 13.2 Å². The number of piperazine rings is 1. The molecule has 7 heteroatoms. The molecule has 1 aliphatic heterocycles. The first-order valence-electron chi connectivity index (χ1n) is 5.62. The highest BCUT2D eigenvalue weighted by atomic mass is 19.4. The number of rotatable bonds is 3. The Bertz CT molecular complexity index is 270. The number of hydrogen-bond donors (Lipinski definition) is 2. The Morgan fingerprint density at radius 1 is 1.59 bits per heavy atom. The summed E-state index contributed by atoms with van der Waals surface area (Å²) in [7, 11) is 0. The molecule has 100 valence electrons. The molecule has 0 spiro atoms. The van der Waals surface area contributed by atoms with E-state index in [-0.39, 0.29) is 6.04 Å². The van der Waals surface area contributed by atoms with Gasteiger partial charge in [-0.3, -0.25) is 9.69 Å². The van der Waals surface area contributed by atoms with Gasteiger partial charge in [0.2, 0.25) is 5.91 Å². The lowest BCUT2D eigenvalue weighted by Crippen LogP contribution is -2.57. The SMILES string of the molecule is CC(C(=O)NCC(F)(F)F)N1CCNC[C@@H]1C. The summed E-state index contributed by atoms with van der Waals surface area (Å²) in [6.07, 6.45) is -4.36. The van der Waals surface area contributed by atoms with E-state index in [9.17, 15) is 18.0 Å². The van der Waals surface area contributed by atoms with Crippen LogP contribution in [0.5, 0.6) is 0 Å². The molecular weight excluding hydrogens is 235 g/mol. The first kappa shape index (κ1) is 14.2. The number of amides is 1. The Morgan fingerprint density at radius 2 is 2.24 bits per heavy atom. The van der Waals surface area contributed by atoms with Crippen molar-refractivity contribution in [2.45, 2.75) is 32.1 Å². The standard InChI is InChI=1S/C10H18F3N3O/c1-7-5-14-3-4-16(7)8(2)9(17)15-6-10(11,12)13/h7-8,14H,3-6H2,1-2H3,(H,15,17)/t7-,8?/m0/s1. The third-order valence-corrected chi connectivity index (χ3v) is 2.89. The Hall–Kier alpha value is -0.820. The van der Waals surface area contributed by atoms with Gasteiger partial charge in [0.25, 0.3) is 0 Å². The molecule has 0 aromatic rings. The number of carbonyl (C=O) groups is 1. The zero-order valence-corrected chi connectivity index (χ0v) is 9.97. The van der Waals surface area contributed by atoms with E-state index in [2.05, 4.69) is 5.32 Å². The van der Waals surface area contributed by atoms with Gasteiger partial charge in [-0.2, -0.15) is 13.2 Å². The second-order valence-electron chi connectivity index (χ2n) is 4.30. The molecule has 1 fully saturated rings. The third-order valence-electron chi connectivity index (χ3n) is 2.89. The van der Waals surface area contributed by atoms with Gasteiger partial charge >= 0.3 is 6.18 Å². The highest BCUT2D eigenvalue weighted by molar-refractivity contribution is 5.81. The minimum Gasteiger partial charge on any atom is -0.346 e. The molecule has 0 aliphatic carbocycles. The van der Waals surface area contributed by atoms with Crippen molar-refractivity contribution in [1.82, 2.24) is 15.5 Å². The average molecular weight is 253 g/mol. The molecule has 1 unspecified atom stereocenters. The smallest absolute Gasteiger partial charge is 0.346 e. The Kier molecular flexibility index (Phi) is 4.76. The molecule has 2 N–H and O–H groups in total. The molecule has 2 atom stereocenters. The lowest BCUT2D eigenvalue weighted by molar-refractivity contribution is -0.141. The summed E-state index contributed by atoms with van der Waals surface area (Å²) < 4.78 is 35.9. The minimum atomic E-state index is -4.36. The van der Waals surface area contributed by atoms with Crippen molar-refractivity contribution in [3.8, 4) is 0 Å². The number of halogens is 3. The van der Waals surface area contributed by atoms with E-state index < -0.39 is 24.7 Å². The molecule has 1 amide bonds. The van der Waals surface area contributed by atoms with Crippen LogP contribution in [0.25, 0.3) is 0 Å². The van der Waals surface area contributed by atoms with Gasteiger partial charge in [0.15, 0.2) is 0 Å². The molecule has 0 aromatic carbocycles. The van der Waals surface area contributed by atoms with Crippen LogP contribution in [0.1, 0.15) is 13.8 Å². The second kappa shape index (κ2) is 5.68. The number of alkyl halides is 3. The minimum absolute atomic E-state index is 0.149. The normalized spacial score (nSPS) is 24.4. The van der Waals surface area contributed by atoms with Gasteiger partial charge in [0.1, 0.15) is 6.54 Å². The van der Waals surface area contributed by atoms with Crippen LogP contribution >= 0.6 is 0 Å². The zero-order valence-electron chi connectivity index (χ0n) is 9.97. The number of nitrogens with zero attached hydrogens (tertiary/aromatic N) is 1. The largest absolute Gasteiger partial charge is 0.405 e. The summed E-state index contributed by atoms with van der Waals surface area (Å²) >= 11 is 0. The highest BCUT2D eigenvalue weighted by Gasteiger charge is 2.31. The van der Waals surface area contributed by atoms with Crippen LogP contribution in [0.3, 0.4) is 0 Å². The fourth-order valence-electron chi connectivity index (χ4n) is 1.92. The third kappa shape index (κ3) is 4.51. The van der Waals surface area contributed by atoms with Gasteiger partial charge in [-0.1, -0.05) is 0 Å². The van der Waals surface area contributed by atoms with Gasteiger partial charge < -0.3 is 10.6 Å².